The maximum absolute atomic E-state index is 12.3. The van der Waals surface area contributed by atoms with Crippen LogP contribution in [0.4, 0.5) is 5.69 Å². The predicted molar refractivity (Wildman–Crippen MR) is 81.7 cm³/mol. The number of nitrogens with zero attached hydrogens (tertiary/aromatic N) is 2. The van der Waals surface area contributed by atoms with Crippen LogP contribution in [-0.4, -0.2) is 41.1 Å². The number of carbonyl (C=O) groups excluding carboxylic acids is 1. The van der Waals surface area contributed by atoms with Crippen molar-refractivity contribution in [2.24, 2.45) is 0 Å². The molecule has 5 nitrogen and oxygen atoms in total. The number of nitrogen functional groups attached to an aromatic ring is 1. The fourth-order valence-electron chi connectivity index (χ4n) is 2.86. The quantitative estimate of drug-likeness (QED) is 0.861. The first-order valence-corrected chi connectivity index (χ1v) is 7.62. The highest BCUT2D eigenvalue weighted by Crippen LogP contribution is 2.14. The van der Waals surface area contributed by atoms with E-state index in [1.807, 2.05) is 17.7 Å². The molecular formula is C15H26N4O. The molecule has 1 amide bonds. The Bertz CT molecular complexity index is 447. The SMILES string of the molecule is CCCN1CCC(NC(=O)c2cc(N)cn2CC)CC1. The van der Waals surface area contributed by atoms with Gasteiger partial charge in [0.1, 0.15) is 5.69 Å². The molecule has 5 heteroatoms. The lowest BCUT2D eigenvalue weighted by molar-refractivity contribution is 0.0902. The van der Waals surface area contributed by atoms with E-state index >= 15 is 0 Å². The van der Waals surface area contributed by atoms with Gasteiger partial charge in [-0.05, 0) is 38.8 Å². The molecule has 1 aliphatic heterocycles. The number of anilines is 1. The normalized spacial score (nSPS) is 17.3. The Hall–Kier alpha value is -1.49. The second-order valence-corrected chi connectivity index (χ2v) is 5.53. The van der Waals surface area contributed by atoms with Crippen LogP contribution in [0.5, 0.6) is 0 Å². The Morgan fingerprint density at radius 3 is 2.70 bits per heavy atom. The van der Waals surface area contributed by atoms with Crippen molar-refractivity contribution in [3.63, 3.8) is 0 Å². The van der Waals surface area contributed by atoms with Crippen LogP contribution in [0, 0.1) is 0 Å². The summed E-state index contributed by atoms with van der Waals surface area (Å²) < 4.78 is 1.90. The smallest absolute Gasteiger partial charge is 0.268 e. The van der Waals surface area contributed by atoms with Gasteiger partial charge in [0.2, 0.25) is 0 Å². The molecule has 3 N–H and O–H groups in total. The van der Waals surface area contributed by atoms with Gasteiger partial charge in [-0.3, -0.25) is 4.79 Å². The molecule has 0 unspecified atom stereocenters. The van der Waals surface area contributed by atoms with Crippen molar-refractivity contribution in [1.29, 1.82) is 0 Å². The fraction of sp³-hybridized carbons (Fsp3) is 0.667. The molecule has 0 aliphatic carbocycles. The van der Waals surface area contributed by atoms with Crippen LogP contribution in [0.15, 0.2) is 12.3 Å². The minimum absolute atomic E-state index is 0.00232. The average molecular weight is 278 g/mol. The lowest BCUT2D eigenvalue weighted by atomic mass is 10.0. The van der Waals surface area contributed by atoms with Gasteiger partial charge in [0, 0.05) is 31.9 Å². The van der Waals surface area contributed by atoms with E-state index in [-0.39, 0.29) is 11.9 Å². The summed E-state index contributed by atoms with van der Waals surface area (Å²) in [5.41, 5.74) is 7.09. The summed E-state index contributed by atoms with van der Waals surface area (Å²) in [5, 5.41) is 3.14. The van der Waals surface area contributed by atoms with Crippen molar-refractivity contribution >= 4 is 11.6 Å². The molecule has 2 heterocycles. The van der Waals surface area contributed by atoms with Crippen molar-refractivity contribution in [3.8, 4) is 0 Å². The van der Waals surface area contributed by atoms with Crippen LogP contribution in [-0.2, 0) is 6.54 Å². The first-order valence-electron chi connectivity index (χ1n) is 7.62. The minimum Gasteiger partial charge on any atom is -0.397 e. The summed E-state index contributed by atoms with van der Waals surface area (Å²) in [4.78, 5) is 14.8. The van der Waals surface area contributed by atoms with Crippen LogP contribution >= 0.6 is 0 Å². The number of rotatable bonds is 5. The molecule has 0 aromatic carbocycles. The molecule has 0 radical (unpaired) electrons. The Morgan fingerprint density at radius 2 is 2.10 bits per heavy atom. The number of hydrogen-bond donors (Lipinski definition) is 2. The zero-order valence-electron chi connectivity index (χ0n) is 12.6. The first kappa shape index (κ1) is 14.9. The third-order valence-electron chi connectivity index (χ3n) is 3.95. The second-order valence-electron chi connectivity index (χ2n) is 5.53. The van der Waals surface area contributed by atoms with Gasteiger partial charge in [-0.15, -0.1) is 0 Å². The van der Waals surface area contributed by atoms with E-state index in [9.17, 15) is 4.79 Å². The summed E-state index contributed by atoms with van der Waals surface area (Å²) in [6.07, 6.45) is 5.08. The standard InChI is InChI=1S/C15H26N4O/c1-3-7-18-8-5-13(6-9-18)17-15(20)14-10-12(16)11-19(14)4-2/h10-11,13H,3-9,16H2,1-2H3,(H,17,20). The molecule has 0 saturated carbocycles. The molecule has 112 valence electrons. The lowest BCUT2D eigenvalue weighted by Gasteiger charge is -2.32. The van der Waals surface area contributed by atoms with Gasteiger partial charge in [0.25, 0.3) is 5.91 Å². The summed E-state index contributed by atoms with van der Waals surface area (Å²) in [6.45, 7) is 8.30. The maximum Gasteiger partial charge on any atom is 0.268 e. The van der Waals surface area contributed by atoms with Crippen molar-refractivity contribution in [3.05, 3.63) is 18.0 Å². The molecular weight excluding hydrogens is 252 g/mol. The van der Waals surface area contributed by atoms with E-state index < -0.39 is 0 Å². The van der Waals surface area contributed by atoms with Gasteiger partial charge >= 0.3 is 0 Å². The van der Waals surface area contributed by atoms with E-state index in [0.717, 1.165) is 39.0 Å². The van der Waals surface area contributed by atoms with Crippen molar-refractivity contribution < 1.29 is 4.79 Å². The second kappa shape index (κ2) is 6.79. The number of nitrogens with one attached hydrogen (secondary N) is 1. The highest BCUT2D eigenvalue weighted by molar-refractivity contribution is 5.94. The Labute approximate surface area is 121 Å². The molecule has 1 fully saturated rings. The fourth-order valence-corrected chi connectivity index (χ4v) is 2.86. The van der Waals surface area contributed by atoms with Gasteiger partial charge < -0.3 is 20.5 Å². The number of hydrogen-bond acceptors (Lipinski definition) is 3. The van der Waals surface area contributed by atoms with E-state index in [0.29, 0.717) is 11.4 Å². The zero-order valence-corrected chi connectivity index (χ0v) is 12.6. The van der Waals surface area contributed by atoms with Crippen molar-refractivity contribution in [1.82, 2.24) is 14.8 Å². The van der Waals surface area contributed by atoms with Crippen LogP contribution < -0.4 is 11.1 Å². The van der Waals surface area contributed by atoms with Crippen LogP contribution in [0.1, 0.15) is 43.6 Å². The summed E-state index contributed by atoms with van der Waals surface area (Å²) >= 11 is 0. The van der Waals surface area contributed by atoms with Crippen molar-refractivity contribution in [2.45, 2.75) is 45.7 Å². The van der Waals surface area contributed by atoms with Gasteiger partial charge in [0.15, 0.2) is 0 Å². The Morgan fingerprint density at radius 1 is 1.40 bits per heavy atom. The molecule has 2 rings (SSSR count). The topological polar surface area (TPSA) is 63.3 Å². The molecule has 20 heavy (non-hydrogen) atoms. The van der Waals surface area contributed by atoms with E-state index in [1.54, 1.807) is 6.07 Å². The molecule has 1 aliphatic rings. The third kappa shape index (κ3) is 3.54. The van der Waals surface area contributed by atoms with E-state index in [2.05, 4.69) is 17.1 Å². The predicted octanol–water partition coefficient (Wildman–Crippen LogP) is 1.69. The van der Waals surface area contributed by atoms with Gasteiger partial charge in [0.05, 0.1) is 5.69 Å². The van der Waals surface area contributed by atoms with Crippen LogP contribution in [0.2, 0.25) is 0 Å². The largest absolute Gasteiger partial charge is 0.397 e. The highest BCUT2D eigenvalue weighted by atomic mass is 16.2. The number of carbonyl (C=O) groups is 1. The van der Waals surface area contributed by atoms with Crippen LogP contribution in [0.3, 0.4) is 0 Å². The minimum atomic E-state index is -0.00232. The first-order chi connectivity index (χ1) is 9.63. The summed E-state index contributed by atoms with van der Waals surface area (Å²) in [7, 11) is 0. The number of aryl methyl sites for hydroxylation is 1. The zero-order chi connectivity index (χ0) is 14.5. The number of piperidine rings is 1. The highest BCUT2D eigenvalue weighted by Gasteiger charge is 2.21. The lowest BCUT2D eigenvalue weighted by Crippen LogP contribution is -2.45. The Balaban J connectivity index is 1.89. The molecule has 0 spiro atoms. The number of nitrogens with two attached hydrogens (primary N) is 1. The number of amides is 1. The molecule has 0 bridgehead atoms. The average Bonchev–Trinajstić information content (AvgIpc) is 2.82. The third-order valence-corrected chi connectivity index (χ3v) is 3.95. The summed E-state index contributed by atoms with van der Waals surface area (Å²) in [5.74, 6) is -0.00232. The number of aromatic nitrogens is 1. The molecule has 1 saturated heterocycles. The van der Waals surface area contributed by atoms with Gasteiger partial charge in [-0.1, -0.05) is 6.92 Å². The molecule has 1 aromatic rings. The van der Waals surface area contributed by atoms with Gasteiger partial charge in [-0.25, -0.2) is 0 Å². The van der Waals surface area contributed by atoms with E-state index in [4.69, 9.17) is 5.73 Å². The maximum atomic E-state index is 12.3. The Kier molecular flexibility index (Phi) is 5.06. The van der Waals surface area contributed by atoms with E-state index in [1.165, 1.54) is 6.42 Å². The molecule has 0 atom stereocenters. The monoisotopic (exact) mass is 278 g/mol. The van der Waals surface area contributed by atoms with Crippen LogP contribution in [0.25, 0.3) is 0 Å². The molecule has 1 aromatic heterocycles. The van der Waals surface area contributed by atoms with Gasteiger partial charge in [-0.2, -0.15) is 0 Å². The van der Waals surface area contributed by atoms with Crippen molar-refractivity contribution in [2.75, 3.05) is 25.4 Å². The number of likely N-dealkylation sites (tertiary alicyclic amines) is 1. The summed E-state index contributed by atoms with van der Waals surface area (Å²) in [6, 6.07) is 2.04.